The van der Waals surface area contributed by atoms with Gasteiger partial charge in [-0.2, -0.15) is 18.2 Å². The van der Waals surface area contributed by atoms with Crippen LogP contribution in [0.3, 0.4) is 0 Å². The van der Waals surface area contributed by atoms with E-state index in [1.165, 1.54) is 50.1 Å². The molecule has 0 saturated heterocycles. The number of nitrogens with zero attached hydrogens (tertiary/aromatic N) is 4. The Kier molecular flexibility index (Phi) is 15.9. The van der Waals surface area contributed by atoms with Crippen molar-refractivity contribution in [1.29, 1.82) is 0 Å². The SMILES string of the molecule is CC(C)Cc1cc(CC(C)C)cc(-c2cccc(-c3cc(CC(C)C)cc(CC(C)C)c3)c2-[n+]2[c-]n(-c3[c-]c(Oc4[c-]c5c(cc4)c4ccccc4n5-c4cc(CC(C)(C)C)ccn4)ccc3)c3ccccc32)c1.[Pt]. The molecule has 5 nitrogen and oxygen atoms in total. The summed E-state index contributed by atoms with van der Waals surface area (Å²) >= 11 is 0. The molecule has 0 aliphatic heterocycles. The molecule has 0 spiro atoms. The van der Waals surface area contributed by atoms with Crippen LogP contribution in [0.5, 0.6) is 11.5 Å². The molecular weight excluding hydrogens is 1100 g/mol. The summed E-state index contributed by atoms with van der Waals surface area (Å²) in [7, 11) is 0. The molecule has 10 aromatic rings. The molecule has 3 heterocycles. The summed E-state index contributed by atoms with van der Waals surface area (Å²) in [5.41, 5.74) is 17.7. The molecular formula is C69H72N4OPt-2. The molecule has 3 aromatic heterocycles. The molecule has 0 radical (unpaired) electrons. The van der Waals surface area contributed by atoms with Gasteiger partial charge < -0.3 is 13.9 Å². The molecule has 7 aromatic carbocycles. The number of pyridine rings is 1. The van der Waals surface area contributed by atoms with Crippen LogP contribution in [0.15, 0.2) is 152 Å². The Hall–Kier alpha value is -6.55. The largest absolute Gasteiger partial charge is 0.510 e. The maximum absolute atomic E-state index is 6.76. The quantitative estimate of drug-likeness (QED) is 0.0714. The summed E-state index contributed by atoms with van der Waals surface area (Å²) < 4.78 is 13.4. The van der Waals surface area contributed by atoms with Gasteiger partial charge in [-0.3, -0.25) is 4.57 Å². The first-order chi connectivity index (χ1) is 35.5. The van der Waals surface area contributed by atoms with Gasteiger partial charge in [-0.1, -0.05) is 179 Å². The van der Waals surface area contributed by atoms with E-state index in [0.29, 0.717) is 35.2 Å². The van der Waals surface area contributed by atoms with Crippen molar-refractivity contribution in [3.05, 3.63) is 198 Å². The third-order valence-corrected chi connectivity index (χ3v) is 13.7. The summed E-state index contributed by atoms with van der Waals surface area (Å²) in [6.07, 6.45) is 10.9. The Morgan fingerprint density at radius 1 is 0.533 bits per heavy atom. The van der Waals surface area contributed by atoms with E-state index in [9.17, 15) is 0 Å². The first-order valence-corrected chi connectivity index (χ1v) is 27.0. The smallest absolute Gasteiger partial charge is 0.268 e. The molecule has 0 bridgehead atoms. The number of benzene rings is 7. The molecule has 0 N–H and O–H groups in total. The third kappa shape index (κ3) is 12.0. The van der Waals surface area contributed by atoms with Gasteiger partial charge in [-0.15, -0.1) is 29.7 Å². The number of ether oxygens (including phenoxy) is 1. The fourth-order valence-electron chi connectivity index (χ4n) is 11.1. The third-order valence-electron chi connectivity index (χ3n) is 13.7. The van der Waals surface area contributed by atoms with Gasteiger partial charge in [0.05, 0.1) is 16.7 Å². The molecule has 6 heteroatoms. The van der Waals surface area contributed by atoms with Crippen molar-refractivity contribution >= 4 is 32.8 Å². The molecule has 0 saturated carbocycles. The number of para-hydroxylation sites is 4. The summed E-state index contributed by atoms with van der Waals surface area (Å²) in [6.45, 7) is 25.4. The summed E-state index contributed by atoms with van der Waals surface area (Å²) in [4.78, 5) is 4.91. The first-order valence-electron chi connectivity index (χ1n) is 27.0. The van der Waals surface area contributed by atoms with E-state index >= 15 is 0 Å². The zero-order valence-corrected chi connectivity index (χ0v) is 48.1. The number of hydrogen-bond donors (Lipinski definition) is 0. The van der Waals surface area contributed by atoms with Crippen molar-refractivity contribution < 1.29 is 30.4 Å². The van der Waals surface area contributed by atoms with Crippen LogP contribution in [-0.4, -0.2) is 14.1 Å². The number of rotatable bonds is 16. The van der Waals surface area contributed by atoms with Gasteiger partial charge in [0.2, 0.25) is 0 Å². The van der Waals surface area contributed by atoms with Crippen LogP contribution in [-0.2, 0) is 53.2 Å². The van der Waals surface area contributed by atoms with Crippen molar-refractivity contribution in [2.75, 3.05) is 0 Å². The molecule has 75 heavy (non-hydrogen) atoms. The minimum Gasteiger partial charge on any atom is -0.510 e. The minimum atomic E-state index is 0. The molecule has 0 aliphatic carbocycles. The van der Waals surface area contributed by atoms with Crippen LogP contribution in [0.4, 0.5) is 0 Å². The maximum Gasteiger partial charge on any atom is 0.268 e. The second kappa shape index (κ2) is 22.3. The van der Waals surface area contributed by atoms with E-state index in [1.54, 1.807) is 0 Å². The Bertz CT molecular complexity index is 3500. The van der Waals surface area contributed by atoms with Crippen LogP contribution < -0.4 is 9.30 Å². The molecule has 10 rings (SSSR count). The van der Waals surface area contributed by atoms with Gasteiger partial charge in [-0.05, 0) is 141 Å². The second-order valence-electron chi connectivity index (χ2n) is 23.6. The summed E-state index contributed by atoms with van der Waals surface area (Å²) in [5.74, 6) is 4.20. The van der Waals surface area contributed by atoms with E-state index in [-0.39, 0.29) is 26.5 Å². The number of fused-ring (bicyclic) bond motifs is 4. The van der Waals surface area contributed by atoms with E-state index in [4.69, 9.17) is 9.72 Å². The van der Waals surface area contributed by atoms with Gasteiger partial charge in [0, 0.05) is 44.3 Å². The van der Waals surface area contributed by atoms with Crippen LogP contribution in [0.1, 0.15) is 104 Å². The monoisotopic (exact) mass is 1170 g/mol. The standard InChI is InChI=1S/C69H72N4O.Pt/c1-45(2)30-50-34-51(31-46(3)4)37-54(36-50)59-21-17-22-60(55-38-52(32-47(5)6)35-53(39-55)33-48(7)8)68(59)72-44-71(64-24-14-15-25-65(64)72)56-18-16-19-57(41-56)74-58-26-27-62-61-20-12-13-23-63(61)73(66(62)42-58)67-40-49(28-29-70-67)43-69(9,10)11;/h12-29,34-40,45-48H,30-33,43H2,1-11H3;/q-2;. The molecule has 0 unspecified atom stereocenters. The van der Waals surface area contributed by atoms with Crippen LogP contribution in [0.25, 0.3) is 72.3 Å². The molecule has 386 valence electrons. The van der Waals surface area contributed by atoms with E-state index < -0.39 is 0 Å². The van der Waals surface area contributed by atoms with Crippen molar-refractivity contribution in [3.63, 3.8) is 0 Å². The molecule has 0 aliphatic rings. The Balaban J connectivity index is 0.00000689. The molecule has 0 fully saturated rings. The van der Waals surface area contributed by atoms with Crippen molar-refractivity contribution in [2.45, 2.75) is 108 Å². The van der Waals surface area contributed by atoms with Gasteiger partial charge in [0.1, 0.15) is 5.82 Å². The topological polar surface area (TPSA) is 35.9 Å². The summed E-state index contributed by atoms with van der Waals surface area (Å²) in [5, 5.41) is 2.24. The molecule has 0 amide bonds. The number of aromatic nitrogens is 4. The Labute approximate surface area is 460 Å². The zero-order valence-electron chi connectivity index (χ0n) is 45.8. The predicted octanol–water partition coefficient (Wildman–Crippen LogP) is 17.3. The normalized spacial score (nSPS) is 12.0. The Morgan fingerprint density at radius 2 is 1.08 bits per heavy atom. The van der Waals surface area contributed by atoms with E-state index in [1.807, 2.05) is 24.4 Å². The predicted molar refractivity (Wildman–Crippen MR) is 308 cm³/mol. The van der Waals surface area contributed by atoms with Gasteiger partial charge in [0.25, 0.3) is 6.33 Å². The van der Waals surface area contributed by atoms with Gasteiger partial charge >= 0.3 is 0 Å². The van der Waals surface area contributed by atoms with Crippen molar-refractivity contribution in [3.8, 4) is 50.9 Å². The fourth-order valence-corrected chi connectivity index (χ4v) is 11.1. The van der Waals surface area contributed by atoms with Crippen molar-refractivity contribution in [1.82, 2.24) is 14.1 Å². The maximum atomic E-state index is 6.76. The van der Waals surface area contributed by atoms with Gasteiger partial charge in [0.15, 0.2) is 0 Å². The first kappa shape index (κ1) is 53.3. The molecule has 0 atom stereocenters. The van der Waals surface area contributed by atoms with E-state index in [2.05, 4.69) is 236 Å². The Morgan fingerprint density at radius 3 is 1.67 bits per heavy atom. The summed E-state index contributed by atoms with van der Waals surface area (Å²) in [6, 6.07) is 60.6. The number of hydrogen-bond acceptors (Lipinski definition) is 2. The van der Waals surface area contributed by atoms with Gasteiger partial charge in [-0.25, -0.2) is 4.98 Å². The fraction of sp³-hybridized carbons (Fsp3) is 0.304. The average Bonchev–Trinajstić information content (AvgIpc) is 3.89. The number of imidazole rings is 1. The van der Waals surface area contributed by atoms with Crippen LogP contribution in [0, 0.1) is 47.5 Å². The van der Waals surface area contributed by atoms with Crippen LogP contribution >= 0.6 is 0 Å². The van der Waals surface area contributed by atoms with E-state index in [0.717, 1.165) is 82.1 Å². The zero-order chi connectivity index (χ0) is 51.8. The second-order valence-corrected chi connectivity index (χ2v) is 23.6. The van der Waals surface area contributed by atoms with Crippen LogP contribution in [0.2, 0.25) is 0 Å². The minimum absolute atomic E-state index is 0. The van der Waals surface area contributed by atoms with Crippen molar-refractivity contribution in [2.24, 2.45) is 29.1 Å². The average molecular weight is 1170 g/mol.